The molecule has 0 bridgehead atoms. The largest absolute Gasteiger partial charge is 0.395 e. The fraction of sp³-hybridized carbons (Fsp3) is 0.571. The van der Waals surface area contributed by atoms with Gasteiger partial charge in [-0.05, 0) is 24.9 Å². The predicted molar refractivity (Wildman–Crippen MR) is 69.6 cm³/mol. The number of likely N-dealkylation sites (tertiary alicyclic amines) is 1. The Hall–Kier alpha value is -0.900. The lowest BCUT2D eigenvalue weighted by molar-refractivity contribution is 0.0944. The topological polar surface area (TPSA) is 49.5 Å². The molecular weight excluding hydrogens is 212 g/mol. The van der Waals surface area contributed by atoms with Crippen LogP contribution >= 0.6 is 0 Å². The molecule has 17 heavy (non-hydrogen) atoms. The smallest absolute Gasteiger partial charge is 0.0597 e. The lowest BCUT2D eigenvalue weighted by Crippen LogP contribution is -2.51. The number of aliphatic hydroxyl groups excluding tert-OH is 1. The van der Waals surface area contributed by atoms with Gasteiger partial charge in [-0.15, -0.1) is 0 Å². The maximum absolute atomic E-state index is 9.22. The summed E-state index contributed by atoms with van der Waals surface area (Å²) in [7, 11) is 0. The van der Waals surface area contributed by atoms with Crippen molar-refractivity contribution in [1.29, 1.82) is 0 Å². The summed E-state index contributed by atoms with van der Waals surface area (Å²) in [6.45, 7) is 2.11. The fourth-order valence-electron chi connectivity index (χ4n) is 2.64. The van der Waals surface area contributed by atoms with Gasteiger partial charge in [0, 0.05) is 18.6 Å². The Balaban J connectivity index is 2.01. The van der Waals surface area contributed by atoms with Crippen LogP contribution in [0.1, 0.15) is 24.8 Å². The molecule has 0 radical (unpaired) electrons. The Morgan fingerprint density at radius 1 is 1.29 bits per heavy atom. The van der Waals surface area contributed by atoms with Gasteiger partial charge in [0.2, 0.25) is 0 Å². The van der Waals surface area contributed by atoms with Crippen LogP contribution in [0.15, 0.2) is 30.3 Å². The Labute approximate surface area is 103 Å². The molecule has 3 nitrogen and oxygen atoms in total. The van der Waals surface area contributed by atoms with Crippen molar-refractivity contribution in [2.24, 2.45) is 5.73 Å². The first-order valence-electron chi connectivity index (χ1n) is 6.45. The zero-order chi connectivity index (χ0) is 12.1. The van der Waals surface area contributed by atoms with Gasteiger partial charge in [0.15, 0.2) is 0 Å². The van der Waals surface area contributed by atoms with Crippen molar-refractivity contribution in [2.75, 3.05) is 13.2 Å². The zero-order valence-corrected chi connectivity index (χ0v) is 10.3. The van der Waals surface area contributed by atoms with E-state index in [0.29, 0.717) is 6.04 Å². The van der Waals surface area contributed by atoms with Crippen molar-refractivity contribution in [3.63, 3.8) is 0 Å². The monoisotopic (exact) mass is 234 g/mol. The van der Waals surface area contributed by atoms with Crippen LogP contribution in [-0.4, -0.2) is 35.2 Å². The predicted octanol–water partition coefficient (Wildman–Crippen LogP) is 1.36. The highest BCUT2D eigenvalue weighted by molar-refractivity contribution is 5.14. The molecule has 0 spiro atoms. The van der Waals surface area contributed by atoms with E-state index in [4.69, 9.17) is 5.73 Å². The van der Waals surface area contributed by atoms with Gasteiger partial charge in [0.1, 0.15) is 0 Å². The number of aliphatic hydroxyl groups is 1. The fourth-order valence-corrected chi connectivity index (χ4v) is 2.64. The number of piperidine rings is 1. The molecule has 0 aromatic heterocycles. The minimum Gasteiger partial charge on any atom is -0.395 e. The van der Waals surface area contributed by atoms with E-state index in [1.165, 1.54) is 18.4 Å². The van der Waals surface area contributed by atoms with Crippen molar-refractivity contribution in [3.8, 4) is 0 Å². The molecule has 1 unspecified atom stereocenters. The number of nitrogens with zero attached hydrogens (tertiary/aromatic N) is 1. The van der Waals surface area contributed by atoms with Crippen molar-refractivity contribution >= 4 is 0 Å². The van der Waals surface area contributed by atoms with Crippen LogP contribution in [0.5, 0.6) is 0 Å². The summed E-state index contributed by atoms with van der Waals surface area (Å²) in [5.41, 5.74) is 7.32. The maximum Gasteiger partial charge on any atom is 0.0597 e. The molecule has 2 atom stereocenters. The molecule has 1 heterocycles. The summed E-state index contributed by atoms with van der Waals surface area (Å²) in [5.74, 6) is 0. The van der Waals surface area contributed by atoms with Crippen LogP contribution in [-0.2, 0) is 6.54 Å². The van der Waals surface area contributed by atoms with Gasteiger partial charge in [-0.25, -0.2) is 0 Å². The number of hydrogen-bond acceptors (Lipinski definition) is 3. The number of hydrogen-bond donors (Lipinski definition) is 2. The third kappa shape index (κ3) is 3.28. The molecule has 1 aromatic rings. The Bertz CT molecular complexity index is 328. The lowest BCUT2D eigenvalue weighted by atomic mass is 9.96. The standard InChI is InChI=1S/C14H22N2O/c15-13(11-17)14-8-4-5-9-16(14)10-12-6-2-1-3-7-12/h1-3,6-7,13-14,17H,4-5,8-11,15H2/t13-,14?/m0/s1. The molecule has 1 aromatic carbocycles. The number of nitrogens with two attached hydrogens (primary N) is 1. The van der Waals surface area contributed by atoms with Crippen LogP contribution in [0, 0.1) is 0 Å². The molecule has 3 heteroatoms. The molecule has 94 valence electrons. The molecular formula is C14H22N2O. The maximum atomic E-state index is 9.22. The average Bonchev–Trinajstić information content (AvgIpc) is 2.40. The highest BCUT2D eigenvalue weighted by atomic mass is 16.3. The van der Waals surface area contributed by atoms with Gasteiger partial charge in [-0.1, -0.05) is 36.8 Å². The first-order chi connectivity index (χ1) is 8.31. The molecule has 1 saturated heterocycles. The van der Waals surface area contributed by atoms with Gasteiger partial charge >= 0.3 is 0 Å². The second kappa shape index (κ2) is 6.15. The summed E-state index contributed by atoms with van der Waals surface area (Å²) >= 11 is 0. The van der Waals surface area contributed by atoms with E-state index in [0.717, 1.165) is 19.5 Å². The molecule has 1 aliphatic rings. The van der Waals surface area contributed by atoms with Gasteiger partial charge in [-0.2, -0.15) is 0 Å². The molecule has 1 fully saturated rings. The lowest BCUT2D eigenvalue weighted by Gasteiger charge is -2.38. The Morgan fingerprint density at radius 2 is 2.06 bits per heavy atom. The normalized spacial score (nSPS) is 23.5. The average molecular weight is 234 g/mol. The second-order valence-corrected chi connectivity index (χ2v) is 4.87. The van der Waals surface area contributed by atoms with E-state index in [1.807, 2.05) is 6.07 Å². The van der Waals surface area contributed by atoms with Gasteiger partial charge in [-0.3, -0.25) is 4.90 Å². The van der Waals surface area contributed by atoms with E-state index in [2.05, 4.69) is 29.2 Å². The summed E-state index contributed by atoms with van der Waals surface area (Å²) in [6.07, 6.45) is 3.57. The van der Waals surface area contributed by atoms with E-state index >= 15 is 0 Å². The molecule has 3 N–H and O–H groups in total. The van der Waals surface area contributed by atoms with Crippen molar-refractivity contribution in [1.82, 2.24) is 4.90 Å². The van der Waals surface area contributed by atoms with Gasteiger partial charge in [0.05, 0.1) is 6.61 Å². The van der Waals surface area contributed by atoms with E-state index in [-0.39, 0.29) is 12.6 Å². The summed E-state index contributed by atoms with van der Waals surface area (Å²) < 4.78 is 0. The van der Waals surface area contributed by atoms with Gasteiger partial charge < -0.3 is 10.8 Å². The van der Waals surface area contributed by atoms with E-state index < -0.39 is 0 Å². The van der Waals surface area contributed by atoms with Crippen molar-refractivity contribution in [3.05, 3.63) is 35.9 Å². The van der Waals surface area contributed by atoms with Crippen molar-refractivity contribution in [2.45, 2.75) is 37.9 Å². The summed E-state index contributed by atoms with van der Waals surface area (Å²) in [4.78, 5) is 2.42. The molecule has 0 saturated carbocycles. The van der Waals surface area contributed by atoms with Crippen LogP contribution in [0.25, 0.3) is 0 Å². The highest BCUT2D eigenvalue weighted by Crippen LogP contribution is 2.21. The van der Waals surface area contributed by atoms with Crippen LogP contribution in [0.2, 0.25) is 0 Å². The third-order valence-corrected chi connectivity index (χ3v) is 3.60. The van der Waals surface area contributed by atoms with Crippen LogP contribution in [0.3, 0.4) is 0 Å². The van der Waals surface area contributed by atoms with E-state index in [9.17, 15) is 5.11 Å². The minimum absolute atomic E-state index is 0.0793. The third-order valence-electron chi connectivity index (χ3n) is 3.60. The van der Waals surface area contributed by atoms with Crippen LogP contribution in [0.4, 0.5) is 0 Å². The SMILES string of the molecule is N[C@@H](CO)C1CCCCN1Cc1ccccc1. The molecule has 0 aliphatic carbocycles. The number of rotatable bonds is 4. The minimum atomic E-state index is -0.112. The Morgan fingerprint density at radius 3 is 2.76 bits per heavy atom. The summed E-state index contributed by atoms with van der Waals surface area (Å²) in [5, 5.41) is 9.22. The van der Waals surface area contributed by atoms with Crippen molar-refractivity contribution < 1.29 is 5.11 Å². The van der Waals surface area contributed by atoms with E-state index in [1.54, 1.807) is 0 Å². The zero-order valence-electron chi connectivity index (χ0n) is 10.3. The quantitative estimate of drug-likeness (QED) is 0.827. The second-order valence-electron chi connectivity index (χ2n) is 4.87. The first-order valence-corrected chi connectivity index (χ1v) is 6.45. The highest BCUT2D eigenvalue weighted by Gasteiger charge is 2.27. The first kappa shape index (κ1) is 12.6. The van der Waals surface area contributed by atoms with Gasteiger partial charge in [0.25, 0.3) is 0 Å². The summed E-state index contributed by atoms with van der Waals surface area (Å²) in [6, 6.07) is 10.7. The van der Waals surface area contributed by atoms with Crippen LogP contribution < -0.4 is 5.73 Å². The Kier molecular flexibility index (Phi) is 4.54. The molecule has 1 aliphatic heterocycles. The molecule has 2 rings (SSSR count). The molecule has 0 amide bonds. The number of benzene rings is 1.